The Balaban J connectivity index is 1.68. The smallest absolute Gasteiger partial charge is 0.241 e. The normalized spacial score (nSPS) is 17.8. The second-order valence-electron chi connectivity index (χ2n) is 8.02. The van der Waals surface area contributed by atoms with Crippen molar-refractivity contribution in [2.45, 2.75) is 36.8 Å². The SMILES string of the molecule is COc1ccc2c(c1)OC(C)(C)CC2NS(=O)(=O)c1ccc2cc(OC)ccc2c1. The quantitative estimate of drug-likeness (QED) is 0.652. The maximum Gasteiger partial charge on any atom is 0.241 e. The zero-order chi connectivity index (χ0) is 21.5. The van der Waals surface area contributed by atoms with E-state index in [1.807, 2.05) is 44.2 Å². The van der Waals surface area contributed by atoms with E-state index in [0.29, 0.717) is 17.9 Å². The molecule has 158 valence electrons. The summed E-state index contributed by atoms with van der Waals surface area (Å²) >= 11 is 0. The highest BCUT2D eigenvalue weighted by Crippen LogP contribution is 2.42. The van der Waals surface area contributed by atoms with E-state index in [1.54, 1.807) is 38.5 Å². The molecular formula is C23H25NO5S. The highest BCUT2D eigenvalue weighted by atomic mass is 32.2. The van der Waals surface area contributed by atoms with Gasteiger partial charge in [-0.1, -0.05) is 18.2 Å². The summed E-state index contributed by atoms with van der Waals surface area (Å²) in [6.45, 7) is 3.89. The Kier molecular flexibility index (Phi) is 5.11. The summed E-state index contributed by atoms with van der Waals surface area (Å²) in [5.74, 6) is 2.02. The number of sulfonamides is 1. The second kappa shape index (κ2) is 7.49. The first kappa shape index (κ1) is 20.5. The highest BCUT2D eigenvalue weighted by molar-refractivity contribution is 7.89. The summed E-state index contributed by atoms with van der Waals surface area (Å²) in [4.78, 5) is 0.222. The molecule has 3 aromatic carbocycles. The van der Waals surface area contributed by atoms with Crippen molar-refractivity contribution < 1.29 is 22.6 Å². The lowest BCUT2D eigenvalue weighted by Gasteiger charge is -2.37. The Bertz CT molecular complexity index is 1200. The van der Waals surface area contributed by atoms with Crippen LogP contribution in [-0.4, -0.2) is 28.2 Å². The first-order valence-corrected chi connectivity index (χ1v) is 11.2. The van der Waals surface area contributed by atoms with Crippen LogP contribution in [0.15, 0.2) is 59.5 Å². The molecule has 1 unspecified atom stereocenters. The van der Waals surface area contributed by atoms with Gasteiger partial charge >= 0.3 is 0 Å². The number of hydrogen-bond donors (Lipinski definition) is 1. The molecule has 0 amide bonds. The molecule has 1 N–H and O–H groups in total. The van der Waals surface area contributed by atoms with Crippen molar-refractivity contribution in [1.29, 1.82) is 0 Å². The standard InChI is InChI=1S/C23H25NO5S/c1-23(2)14-21(20-10-8-18(28-4)13-22(20)29-23)24-30(25,26)19-9-6-15-11-17(27-3)7-5-16(15)12-19/h5-13,21,24H,14H2,1-4H3. The van der Waals surface area contributed by atoms with E-state index in [0.717, 1.165) is 22.1 Å². The fourth-order valence-corrected chi connectivity index (χ4v) is 5.07. The minimum absolute atomic E-state index is 0.222. The highest BCUT2D eigenvalue weighted by Gasteiger charge is 2.36. The molecule has 0 spiro atoms. The third-order valence-corrected chi connectivity index (χ3v) is 6.77. The summed E-state index contributed by atoms with van der Waals surface area (Å²) < 4.78 is 45.9. The summed E-state index contributed by atoms with van der Waals surface area (Å²) in [7, 11) is -0.551. The van der Waals surface area contributed by atoms with Gasteiger partial charge in [-0.2, -0.15) is 0 Å². The molecule has 1 aliphatic heterocycles. The molecular weight excluding hydrogens is 402 g/mol. The summed E-state index contributed by atoms with van der Waals surface area (Å²) in [6, 6.07) is 15.7. The maximum absolute atomic E-state index is 13.2. The van der Waals surface area contributed by atoms with Gasteiger partial charge in [0.1, 0.15) is 22.8 Å². The Labute approximate surface area is 176 Å². The first-order chi connectivity index (χ1) is 14.2. The van der Waals surface area contributed by atoms with Crippen molar-refractivity contribution in [3.05, 3.63) is 60.2 Å². The van der Waals surface area contributed by atoms with Crippen molar-refractivity contribution in [3.63, 3.8) is 0 Å². The van der Waals surface area contributed by atoms with Crippen LogP contribution in [0.5, 0.6) is 17.2 Å². The van der Waals surface area contributed by atoms with Crippen LogP contribution < -0.4 is 18.9 Å². The van der Waals surface area contributed by atoms with E-state index in [1.165, 1.54) is 0 Å². The van der Waals surface area contributed by atoms with E-state index in [-0.39, 0.29) is 4.90 Å². The van der Waals surface area contributed by atoms with Crippen LogP contribution in [0.25, 0.3) is 10.8 Å². The third kappa shape index (κ3) is 3.95. The van der Waals surface area contributed by atoms with Gasteiger partial charge in [0.2, 0.25) is 10.0 Å². The predicted octanol–water partition coefficient (Wildman–Crippen LogP) is 4.44. The average molecular weight is 428 g/mol. The van der Waals surface area contributed by atoms with Crippen LogP contribution >= 0.6 is 0 Å². The van der Waals surface area contributed by atoms with E-state index in [2.05, 4.69) is 4.72 Å². The minimum Gasteiger partial charge on any atom is -0.497 e. The number of methoxy groups -OCH3 is 2. The predicted molar refractivity (Wildman–Crippen MR) is 116 cm³/mol. The Morgan fingerprint density at radius 1 is 0.933 bits per heavy atom. The molecule has 7 heteroatoms. The average Bonchev–Trinajstić information content (AvgIpc) is 2.71. The van der Waals surface area contributed by atoms with Gasteiger partial charge in [-0.3, -0.25) is 0 Å². The summed E-state index contributed by atoms with van der Waals surface area (Å²) in [6.07, 6.45) is 0.510. The number of nitrogens with one attached hydrogen (secondary N) is 1. The molecule has 1 aliphatic rings. The van der Waals surface area contributed by atoms with Crippen molar-refractivity contribution in [3.8, 4) is 17.2 Å². The van der Waals surface area contributed by atoms with Gasteiger partial charge < -0.3 is 14.2 Å². The van der Waals surface area contributed by atoms with E-state index < -0.39 is 21.7 Å². The lowest BCUT2D eigenvalue weighted by atomic mass is 9.90. The topological polar surface area (TPSA) is 73.9 Å². The maximum atomic E-state index is 13.2. The molecule has 0 aliphatic carbocycles. The first-order valence-electron chi connectivity index (χ1n) is 9.68. The number of hydrogen-bond acceptors (Lipinski definition) is 5. The fraction of sp³-hybridized carbons (Fsp3) is 0.304. The van der Waals surface area contributed by atoms with Crippen LogP contribution in [0.3, 0.4) is 0 Å². The van der Waals surface area contributed by atoms with Gasteiger partial charge in [0, 0.05) is 18.1 Å². The van der Waals surface area contributed by atoms with Crippen molar-refractivity contribution >= 4 is 20.8 Å². The molecule has 30 heavy (non-hydrogen) atoms. The van der Waals surface area contributed by atoms with Crippen molar-refractivity contribution in [2.75, 3.05) is 14.2 Å². The molecule has 0 aromatic heterocycles. The molecule has 4 rings (SSSR count). The largest absolute Gasteiger partial charge is 0.497 e. The van der Waals surface area contributed by atoms with Gasteiger partial charge in [-0.05, 0) is 55.0 Å². The van der Waals surface area contributed by atoms with Gasteiger partial charge in [0.05, 0.1) is 25.2 Å². The number of rotatable bonds is 5. The lowest BCUT2D eigenvalue weighted by molar-refractivity contribution is 0.0699. The molecule has 0 fully saturated rings. The number of ether oxygens (including phenoxy) is 3. The summed E-state index contributed by atoms with van der Waals surface area (Å²) in [5.41, 5.74) is 0.274. The monoisotopic (exact) mass is 427 g/mol. The Hall–Kier alpha value is -2.77. The number of fused-ring (bicyclic) bond motifs is 2. The minimum atomic E-state index is -3.74. The van der Waals surface area contributed by atoms with Crippen LogP contribution in [0, 0.1) is 0 Å². The molecule has 6 nitrogen and oxygen atoms in total. The van der Waals surface area contributed by atoms with Crippen LogP contribution in [-0.2, 0) is 10.0 Å². The third-order valence-electron chi connectivity index (χ3n) is 5.30. The van der Waals surface area contributed by atoms with E-state index in [9.17, 15) is 8.42 Å². The summed E-state index contributed by atoms with van der Waals surface area (Å²) in [5, 5.41) is 1.74. The Morgan fingerprint density at radius 3 is 2.30 bits per heavy atom. The fourth-order valence-electron chi connectivity index (χ4n) is 3.82. The molecule has 0 saturated heterocycles. The van der Waals surface area contributed by atoms with Gasteiger partial charge in [-0.25, -0.2) is 13.1 Å². The van der Waals surface area contributed by atoms with Crippen molar-refractivity contribution in [1.82, 2.24) is 4.72 Å². The molecule has 1 atom stereocenters. The molecule has 3 aromatic rings. The van der Waals surface area contributed by atoms with E-state index in [4.69, 9.17) is 14.2 Å². The molecule has 1 heterocycles. The molecule has 0 bridgehead atoms. The molecule has 0 radical (unpaired) electrons. The van der Waals surface area contributed by atoms with Crippen LogP contribution in [0.1, 0.15) is 31.9 Å². The van der Waals surface area contributed by atoms with Crippen LogP contribution in [0.4, 0.5) is 0 Å². The number of benzene rings is 3. The van der Waals surface area contributed by atoms with Crippen LogP contribution in [0.2, 0.25) is 0 Å². The zero-order valence-electron chi connectivity index (χ0n) is 17.4. The zero-order valence-corrected chi connectivity index (χ0v) is 18.2. The van der Waals surface area contributed by atoms with Gasteiger partial charge in [0.15, 0.2) is 0 Å². The van der Waals surface area contributed by atoms with Gasteiger partial charge in [-0.15, -0.1) is 0 Å². The van der Waals surface area contributed by atoms with Gasteiger partial charge in [0.25, 0.3) is 0 Å². The lowest BCUT2D eigenvalue weighted by Crippen LogP contribution is -2.41. The second-order valence-corrected chi connectivity index (χ2v) is 9.73. The molecule has 0 saturated carbocycles. The van der Waals surface area contributed by atoms with Crippen molar-refractivity contribution in [2.24, 2.45) is 0 Å². The van der Waals surface area contributed by atoms with E-state index >= 15 is 0 Å². The Morgan fingerprint density at radius 2 is 1.57 bits per heavy atom.